The number of guanidine groups is 1. The summed E-state index contributed by atoms with van der Waals surface area (Å²) in [7, 11) is 1.66. The van der Waals surface area contributed by atoms with Gasteiger partial charge in [0.1, 0.15) is 0 Å². The molecule has 1 saturated carbocycles. The van der Waals surface area contributed by atoms with E-state index in [1.807, 2.05) is 0 Å². The van der Waals surface area contributed by atoms with Gasteiger partial charge in [-0.15, -0.1) is 0 Å². The molecule has 1 fully saturated rings. The molecular formula is C9H19N3O. The third-order valence-electron chi connectivity index (χ3n) is 2.28. The molecule has 3 N–H and O–H groups in total. The molecule has 0 aromatic carbocycles. The summed E-state index contributed by atoms with van der Waals surface area (Å²) in [5, 5.41) is 3.21. The fourth-order valence-corrected chi connectivity index (χ4v) is 1.58. The van der Waals surface area contributed by atoms with Crippen LogP contribution in [0.4, 0.5) is 0 Å². The zero-order valence-electron chi connectivity index (χ0n) is 8.25. The molecule has 76 valence electrons. The number of nitrogens with one attached hydrogen (secondary N) is 1. The second-order valence-electron chi connectivity index (χ2n) is 3.39. The van der Waals surface area contributed by atoms with Crippen LogP contribution >= 0.6 is 0 Å². The van der Waals surface area contributed by atoms with Crippen molar-refractivity contribution in [2.45, 2.75) is 31.7 Å². The van der Waals surface area contributed by atoms with E-state index in [4.69, 9.17) is 10.5 Å². The van der Waals surface area contributed by atoms with Crippen LogP contribution < -0.4 is 11.1 Å². The SMILES string of the molecule is COCCN=C(N)NC1CCCC1. The predicted octanol–water partition coefficient (Wildman–Crippen LogP) is 0.480. The number of nitrogens with zero attached hydrogens (tertiary/aromatic N) is 1. The van der Waals surface area contributed by atoms with Gasteiger partial charge in [0.15, 0.2) is 5.96 Å². The van der Waals surface area contributed by atoms with Crippen molar-refractivity contribution in [3.05, 3.63) is 0 Å². The maximum atomic E-state index is 5.68. The van der Waals surface area contributed by atoms with Crippen LogP contribution in [0.2, 0.25) is 0 Å². The van der Waals surface area contributed by atoms with Crippen molar-refractivity contribution in [3.63, 3.8) is 0 Å². The normalized spacial score (nSPS) is 19.3. The highest BCUT2D eigenvalue weighted by molar-refractivity contribution is 5.78. The standard InChI is InChI=1S/C9H19N3O/c1-13-7-6-11-9(10)12-8-4-2-3-5-8/h8H,2-7H2,1H3,(H3,10,11,12). The van der Waals surface area contributed by atoms with Gasteiger partial charge < -0.3 is 15.8 Å². The Hall–Kier alpha value is -0.770. The van der Waals surface area contributed by atoms with E-state index in [1.165, 1.54) is 25.7 Å². The number of methoxy groups -OCH3 is 1. The predicted molar refractivity (Wildman–Crippen MR) is 53.8 cm³/mol. The van der Waals surface area contributed by atoms with E-state index in [0.717, 1.165) is 0 Å². The first-order chi connectivity index (χ1) is 6.33. The van der Waals surface area contributed by atoms with Crippen LogP contribution in [0.3, 0.4) is 0 Å². The third-order valence-corrected chi connectivity index (χ3v) is 2.28. The first-order valence-corrected chi connectivity index (χ1v) is 4.88. The van der Waals surface area contributed by atoms with E-state index < -0.39 is 0 Å². The van der Waals surface area contributed by atoms with Gasteiger partial charge in [-0.1, -0.05) is 12.8 Å². The van der Waals surface area contributed by atoms with E-state index in [9.17, 15) is 0 Å². The molecule has 0 bridgehead atoms. The molecule has 0 aromatic rings. The lowest BCUT2D eigenvalue weighted by atomic mass is 10.2. The lowest BCUT2D eigenvalue weighted by Gasteiger charge is -2.11. The molecule has 0 aromatic heterocycles. The summed E-state index contributed by atoms with van der Waals surface area (Å²) in [6, 6.07) is 0.547. The van der Waals surface area contributed by atoms with Gasteiger partial charge in [0.25, 0.3) is 0 Å². The maximum Gasteiger partial charge on any atom is 0.188 e. The van der Waals surface area contributed by atoms with E-state index in [-0.39, 0.29) is 0 Å². The van der Waals surface area contributed by atoms with E-state index >= 15 is 0 Å². The van der Waals surface area contributed by atoms with Crippen molar-refractivity contribution in [3.8, 4) is 0 Å². The van der Waals surface area contributed by atoms with Crippen LogP contribution in [-0.2, 0) is 4.74 Å². The van der Waals surface area contributed by atoms with Gasteiger partial charge in [0.2, 0.25) is 0 Å². The van der Waals surface area contributed by atoms with Crippen molar-refractivity contribution >= 4 is 5.96 Å². The van der Waals surface area contributed by atoms with Gasteiger partial charge in [-0.2, -0.15) is 0 Å². The number of ether oxygens (including phenoxy) is 1. The monoisotopic (exact) mass is 185 g/mol. The van der Waals surface area contributed by atoms with Crippen LogP contribution in [-0.4, -0.2) is 32.3 Å². The fraction of sp³-hybridized carbons (Fsp3) is 0.889. The number of rotatable bonds is 4. The Balaban J connectivity index is 2.14. The highest BCUT2D eigenvalue weighted by Crippen LogP contribution is 2.17. The van der Waals surface area contributed by atoms with Gasteiger partial charge in [-0.25, -0.2) is 0 Å². The summed E-state index contributed by atoms with van der Waals surface area (Å²) in [5.41, 5.74) is 5.68. The van der Waals surface area contributed by atoms with Crippen LogP contribution in [0.25, 0.3) is 0 Å². The van der Waals surface area contributed by atoms with Crippen molar-refractivity contribution < 1.29 is 4.74 Å². The average Bonchev–Trinajstić information content (AvgIpc) is 2.57. The minimum Gasteiger partial charge on any atom is -0.383 e. The molecule has 0 saturated heterocycles. The topological polar surface area (TPSA) is 59.6 Å². The molecule has 4 nitrogen and oxygen atoms in total. The Kier molecular flexibility index (Phi) is 4.60. The van der Waals surface area contributed by atoms with Crippen molar-refractivity contribution in [2.75, 3.05) is 20.3 Å². The van der Waals surface area contributed by atoms with Gasteiger partial charge in [0, 0.05) is 13.2 Å². The smallest absolute Gasteiger partial charge is 0.188 e. The lowest BCUT2D eigenvalue weighted by Crippen LogP contribution is -2.38. The molecule has 4 heteroatoms. The highest BCUT2D eigenvalue weighted by Gasteiger charge is 2.14. The Morgan fingerprint density at radius 2 is 2.23 bits per heavy atom. The van der Waals surface area contributed by atoms with Crippen LogP contribution in [0.5, 0.6) is 0 Å². The van der Waals surface area contributed by atoms with Crippen LogP contribution in [0, 0.1) is 0 Å². The summed E-state index contributed by atoms with van der Waals surface area (Å²) in [6.07, 6.45) is 5.06. The van der Waals surface area contributed by atoms with Crippen molar-refractivity contribution in [1.29, 1.82) is 0 Å². The van der Waals surface area contributed by atoms with Crippen molar-refractivity contribution in [1.82, 2.24) is 5.32 Å². The second-order valence-corrected chi connectivity index (χ2v) is 3.39. The molecule has 0 aliphatic heterocycles. The molecule has 0 atom stereocenters. The molecule has 0 unspecified atom stereocenters. The molecule has 0 heterocycles. The molecule has 0 spiro atoms. The van der Waals surface area contributed by atoms with Crippen molar-refractivity contribution in [2.24, 2.45) is 10.7 Å². The highest BCUT2D eigenvalue weighted by atomic mass is 16.5. The zero-order valence-corrected chi connectivity index (χ0v) is 8.25. The minimum absolute atomic E-state index is 0.547. The largest absolute Gasteiger partial charge is 0.383 e. The van der Waals surface area contributed by atoms with Crippen LogP contribution in [0.15, 0.2) is 4.99 Å². The minimum atomic E-state index is 0.547. The molecule has 1 aliphatic rings. The Bertz CT molecular complexity index is 164. The number of nitrogens with two attached hydrogens (primary N) is 1. The first kappa shape index (κ1) is 10.3. The molecule has 1 rings (SSSR count). The maximum absolute atomic E-state index is 5.68. The Labute approximate surface area is 79.6 Å². The molecule has 13 heavy (non-hydrogen) atoms. The summed E-state index contributed by atoms with van der Waals surface area (Å²) in [6.45, 7) is 1.27. The van der Waals surface area contributed by atoms with Gasteiger partial charge >= 0.3 is 0 Å². The van der Waals surface area contributed by atoms with E-state index in [2.05, 4.69) is 10.3 Å². The number of hydrogen-bond donors (Lipinski definition) is 2. The second kappa shape index (κ2) is 5.80. The number of aliphatic imine (C=N–C) groups is 1. The average molecular weight is 185 g/mol. The third kappa shape index (κ3) is 4.12. The quantitative estimate of drug-likeness (QED) is 0.380. The molecule has 1 aliphatic carbocycles. The van der Waals surface area contributed by atoms with Gasteiger partial charge in [-0.05, 0) is 12.8 Å². The summed E-state index contributed by atoms with van der Waals surface area (Å²) >= 11 is 0. The van der Waals surface area contributed by atoms with E-state index in [1.54, 1.807) is 7.11 Å². The summed E-state index contributed by atoms with van der Waals surface area (Å²) in [4.78, 5) is 4.14. The fourth-order valence-electron chi connectivity index (χ4n) is 1.58. The van der Waals surface area contributed by atoms with E-state index in [0.29, 0.717) is 25.2 Å². The molecule has 0 radical (unpaired) electrons. The summed E-state index contributed by atoms with van der Waals surface area (Å²) in [5.74, 6) is 0.559. The Morgan fingerprint density at radius 1 is 1.54 bits per heavy atom. The van der Waals surface area contributed by atoms with Gasteiger partial charge in [0.05, 0.1) is 13.2 Å². The molecular weight excluding hydrogens is 166 g/mol. The first-order valence-electron chi connectivity index (χ1n) is 4.88. The lowest BCUT2D eigenvalue weighted by molar-refractivity contribution is 0.208. The zero-order chi connectivity index (χ0) is 9.52. The van der Waals surface area contributed by atoms with Crippen LogP contribution in [0.1, 0.15) is 25.7 Å². The van der Waals surface area contributed by atoms with Gasteiger partial charge in [-0.3, -0.25) is 4.99 Å². The molecule has 0 amide bonds. The number of hydrogen-bond acceptors (Lipinski definition) is 2. The Morgan fingerprint density at radius 3 is 2.85 bits per heavy atom. The summed E-state index contributed by atoms with van der Waals surface area (Å²) < 4.78 is 4.87.